The Morgan fingerprint density at radius 1 is 1.10 bits per heavy atom. The third kappa shape index (κ3) is 10.9. The van der Waals surface area contributed by atoms with Crippen LogP contribution in [0.2, 0.25) is 5.54 Å². The van der Waals surface area contributed by atoms with E-state index in [0.29, 0.717) is 10.7 Å². The number of hydrogen-bond acceptors (Lipinski definition) is 4. The molecule has 0 spiro atoms. The minimum Gasteiger partial charge on any atom is -0.397 e. The summed E-state index contributed by atoms with van der Waals surface area (Å²) in [7, 11) is 2.31. The molecule has 0 saturated heterocycles. The topological polar surface area (TPSA) is 35.5 Å². The molecule has 1 unspecified atom stereocenters. The van der Waals surface area contributed by atoms with Crippen LogP contribution in [0.25, 0.3) is 0 Å². The number of carbonyl (C=O) groups is 1. The molecule has 119 valence electrons. The van der Waals surface area contributed by atoms with Crippen LogP contribution in [0.1, 0.15) is 65.2 Å². The van der Waals surface area contributed by atoms with Gasteiger partial charge in [0.05, 0.1) is 0 Å². The van der Waals surface area contributed by atoms with E-state index in [1.54, 1.807) is 14.2 Å². The van der Waals surface area contributed by atoms with Crippen molar-refractivity contribution in [1.29, 1.82) is 0 Å². The van der Waals surface area contributed by atoms with Crippen molar-refractivity contribution in [1.82, 2.24) is 0 Å². The first-order valence-electron chi connectivity index (χ1n) is 7.76. The molecule has 0 aromatic carbocycles. The van der Waals surface area contributed by atoms with Crippen LogP contribution in [0.3, 0.4) is 0 Å². The standard InChI is InChI=1S/C15H31O3SSi/c1-5-6-7-8-9-12-15(16)19-13-10-11-14(2)20(17-3)18-4/h14H,5-13H2,1-4H3. The van der Waals surface area contributed by atoms with E-state index in [2.05, 4.69) is 13.8 Å². The van der Waals surface area contributed by atoms with Crippen molar-refractivity contribution in [2.75, 3.05) is 20.0 Å². The van der Waals surface area contributed by atoms with E-state index >= 15 is 0 Å². The molecule has 1 atom stereocenters. The largest absolute Gasteiger partial charge is 0.397 e. The van der Waals surface area contributed by atoms with Gasteiger partial charge in [-0.2, -0.15) is 0 Å². The molecule has 3 nitrogen and oxygen atoms in total. The lowest BCUT2D eigenvalue weighted by molar-refractivity contribution is -0.111. The molecule has 0 aliphatic rings. The van der Waals surface area contributed by atoms with Gasteiger partial charge in [0, 0.05) is 31.9 Å². The summed E-state index contributed by atoms with van der Waals surface area (Å²) in [6, 6.07) is 0. The quantitative estimate of drug-likeness (QED) is 0.368. The average molecular weight is 320 g/mol. The molecular formula is C15H31O3SSi. The molecule has 0 fully saturated rings. The van der Waals surface area contributed by atoms with Crippen LogP contribution in [-0.2, 0) is 13.6 Å². The number of hydrogen-bond donors (Lipinski definition) is 0. The van der Waals surface area contributed by atoms with Crippen molar-refractivity contribution in [2.24, 2.45) is 0 Å². The highest BCUT2D eigenvalue weighted by Crippen LogP contribution is 2.20. The molecule has 1 radical (unpaired) electrons. The number of rotatable bonds is 13. The zero-order chi connectivity index (χ0) is 15.2. The van der Waals surface area contributed by atoms with Crippen molar-refractivity contribution in [3.63, 3.8) is 0 Å². The van der Waals surface area contributed by atoms with Gasteiger partial charge in [0.15, 0.2) is 5.12 Å². The molecule has 0 rings (SSSR count). The molecule has 0 aromatic heterocycles. The summed E-state index contributed by atoms with van der Waals surface area (Å²) in [6.45, 7) is 4.38. The SMILES string of the molecule is CCCCCCCC(=O)SCCCC(C)[Si](OC)OC. The average Bonchev–Trinajstić information content (AvgIpc) is 2.44. The van der Waals surface area contributed by atoms with Gasteiger partial charge in [-0.3, -0.25) is 4.79 Å². The fourth-order valence-electron chi connectivity index (χ4n) is 2.12. The Morgan fingerprint density at radius 2 is 1.75 bits per heavy atom. The molecular weight excluding hydrogens is 288 g/mol. The first-order chi connectivity index (χ1) is 9.65. The Kier molecular flexibility index (Phi) is 14.2. The lowest BCUT2D eigenvalue weighted by Gasteiger charge is -2.16. The van der Waals surface area contributed by atoms with E-state index in [4.69, 9.17) is 8.85 Å². The van der Waals surface area contributed by atoms with Crippen molar-refractivity contribution in [3.05, 3.63) is 0 Å². The monoisotopic (exact) mass is 319 g/mol. The first-order valence-corrected chi connectivity index (χ1v) is 10.1. The Balaban J connectivity index is 3.47. The molecule has 0 aromatic rings. The number of carbonyl (C=O) groups excluding carboxylic acids is 1. The van der Waals surface area contributed by atoms with Crippen LogP contribution in [0, 0.1) is 0 Å². The van der Waals surface area contributed by atoms with E-state index in [1.165, 1.54) is 37.4 Å². The highest BCUT2D eigenvalue weighted by Gasteiger charge is 2.21. The molecule has 0 saturated carbocycles. The second-order valence-corrected chi connectivity index (χ2v) is 8.75. The first kappa shape index (κ1) is 20.2. The predicted octanol–water partition coefficient (Wildman–Crippen LogP) is 4.56. The molecule has 0 heterocycles. The molecule has 0 amide bonds. The van der Waals surface area contributed by atoms with E-state index in [9.17, 15) is 4.79 Å². The van der Waals surface area contributed by atoms with E-state index < -0.39 is 9.28 Å². The lowest BCUT2D eigenvalue weighted by Crippen LogP contribution is -2.24. The summed E-state index contributed by atoms with van der Waals surface area (Å²) in [5, 5.41) is 0.359. The van der Waals surface area contributed by atoms with Crippen LogP contribution >= 0.6 is 11.8 Å². The molecule has 20 heavy (non-hydrogen) atoms. The zero-order valence-corrected chi connectivity index (χ0v) is 15.4. The molecule has 0 aliphatic heterocycles. The molecule has 5 heteroatoms. The Bertz CT molecular complexity index is 235. The van der Waals surface area contributed by atoms with Crippen molar-refractivity contribution in [3.8, 4) is 0 Å². The van der Waals surface area contributed by atoms with Crippen LogP contribution in [0.5, 0.6) is 0 Å². The summed E-state index contributed by atoms with van der Waals surface area (Å²) in [6.07, 6.45) is 8.96. The van der Waals surface area contributed by atoms with Crippen molar-refractivity contribution >= 4 is 26.2 Å². The van der Waals surface area contributed by atoms with Gasteiger partial charge in [-0.1, -0.05) is 51.3 Å². The summed E-state index contributed by atoms with van der Waals surface area (Å²) in [5.41, 5.74) is 0.472. The number of unbranched alkanes of at least 4 members (excludes halogenated alkanes) is 4. The maximum Gasteiger partial charge on any atom is 0.387 e. The van der Waals surface area contributed by atoms with E-state index in [1.807, 2.05) is 0 Å². The second-order valence-electron chi connectivity index (χ2n) is 5.16. The Hall–Kier alpha value is 0.157. The maximum absolute atomic E-state index is 11.7. The van der Waals surface area contributed by atoms with Crippen LogP contribution in [0.15, 0.2) is 0 Å². The highest BCUT2D eigenvalue weighted by molar-refractivity contribution is 8.13. The fraction of sp³-hybridized carbons (Fsp3) is 0.933. The van der Waals surface area contributed by atoms with Gasteiger partial charge >= 0.3 is 9.28 Å². The molecule has 0 bridgehead atoms. The minimum atomic E-state index is -1.12. The predicted molar refractivity (Wildman–Crippen MR) is 89.3 cm³/mol. The van der Waals surface area contributed by atoms with Gasteiger partial charge in [-0.05, 0) is 19.3 Å². The summed E-state index contributed by atoms with van der Waals surface area (Å²) in [4.78, 5) is 11.7. The van der Waals surface area contributed by atoms with Crippen LogP contribution in [-0.4, -0.2) is 34.4 Å². The van der Waals surface area contributed by atoms with Gasteiger partial charge < -0.3 is 8.85 Å². The Morgan fingerprint density at radius 3 is 2.35 bits per heavy atom. The summed E-state index contributed by atoms with van der Waals surface area (Å²) < 4.78 is 10.7. The fourth-order valence-corrected chi connectivity index (χ4v) is 4.36. The summed E-state index contributed by atoms with van der Waals surface area (Å²) >= 11 is 1.50. The van der Waals surface area contributed by atoms with Crippen LogP contribution < -0.4 is 0 Å². The molecule has 0 N–H and O–H groups in total. The highest BCUT2D eigenvalue weighted by atomic mass is 32.2. The third-order valence-electron chi connectivity index (χ3n) is 3.33. The van der Waals surface area contributed by atoms with E-state index in [-0.39, 0.29) is 0 Å². The molecule has 0 aliphatic carbocycles. The summed E-state index contributed by atoms with van der Waals surface area (Å²) in [5.74, 6) is 0.931. The van der Waals surface area contributed by atoms with Crippen molar-refractivity contribution < 1.29 is 13.6 Å². The van der Waals surface area contributed by atoms with Crippen LogP contribution in [0.4, 0.5) is 0 Å². The van der Waals surface area contributed by atoms with Gasteiger partial charge in [-0.25, -0.2) is 0 Å². The van der Waals surface area contributed by atoms with E-state index in [0.717, 1.165) is 31.4 Å². The lowest BCUT2D eigenvalue weighted by atomic mass is 10.1. The normalized spacial score (nSPS) is 12.8. The zero-order valence-electron chi connectivity index (χ0n) is 13.6. The Labute approximate surface area is 131 Å². The van der Waals surface area contributed by atoms with Gasteiger partial charge in [0.2, 0.25) is 0 Å². The maximum atomic E-state index is 11.7. The minimum absolute atomic E-state index is 0.359. The number of thioether (sulfide) groups is 1. The van der Waals surface area contributed by atoms with Gasteiger partial charge in [-0.15, -0.1) is 0 Å². The second kappa shape index (κ2) is 14.1. The smallest absolute Gasteiger partial charge is 0.387 e. The third-order valence-corrected chi connectivity index (χ3v) is 6.25. The van der Waals surface area contributed by atoms with Gasteiger partial charge in [0.1, 0.15) is 0 Å². The van der Waals surface area contributed by atoms with Crippen molar-refractivity contribution in [2.45, 2.75) is 70.8 Å². The van der Waals surface area contributed by atoms with Gasteiger partial charge in [0.25, 0.3) is 0 Å².